The minimum Gasteiger partial charge on any atom is -0.310 e. The molecule has 11 rings (SSSR count). The predicted molar refractivity (Wildman–Crippen MR) is 247 cm³/mol. The van der Waals surface area contributed by atoms with Gasteiger partial charge in [0.05, 0.1) is 11.0 Å². The highest BCUT2D eigenvalue weighted by molar-refractivity contribution is 6.09. The SMILES string of the molecule is c1ccc(-c2cccc3cccc(-c4cccc(N(c5ccc(-c6cccc(-n7c8ccccc8c8ccccc87)c6)cc5)c5ccc6ccccc6c5)c4)c23)cc1. The number of benzene rings is 10. The average molecular weight is 739 g/mol. The van der Waals surface area contributed by atoms with Crippen LogP contribution >= 0.6 is 0 Å². The van der Waals surface area contributed by atoms with Crippen LogP contribution in [0.3, 0.4) is 0 Å². The van der Waals surface area contributed by atoms with Gasteiger partial charge in [-0.3, -0.25) is 0 Å². The van der Waals surface area contributed by atoms with Crippen LogP contribution in [0.2, 0.25) is 0 Å². The lowest BCUT2D eigenvalue weighted by molar-refractivity contribution is 1.18. The molecule has 0 radical (unpaired) electrons. The van der Waals surface area contributed by atoms with Crippen LogP contribution < -0.4 is 4.90 Å². The maximum Gasteiger partial charge on any atom is 0.0541 e. The van der Waals surface area contributed by atoms with Gasteiger partial charge in [0.1, 0.15) is 0 Å². The van der Waals surface area contributed by atoms with Crippen molar-refractivity contribution >= 4 is 60.4 Å². The van der Waals surface area contributed by atoms with Crippen molar-refractivity contribution in [3.05, 3.63) is 231 Å². The number of aromatic nitrogens is 1. The van der Waals surface area contributed by atoms with Crippen LogP contribution in [0.15, 0.2) is 231 Å². The van der Waals surface area contributed by atoms with Crippen molar-refractivity contribution in [3.63, 3.8) is 0 Å². The maximum absolute atomic E-state index is 2.39. The van der Waals surface area contributed by atoms with Crippen LogP contribution in [0.25, 0.3) is 82.4 Å². The van der Waals surface area contributed by atoms with Gasteiger partial charge in [0.15, 0.2) is 0 Å². The van der Waals surface area contributed by atoms with E-state index >= 15 is 0 Å². The Bertz CT molecular complexity index is 3220. The molecule has 272 valence electrons. The molecule has 0 aliphatic heterocycles. The molecular weight excluding hydrogens is 701 g/mol. The Balaban J connectivity index is 1.02. The van der Waals surface area contributed by atoms with Gasteiger partial charge in [0.2, 0.25) is 0 Å². The van der Waals surface area contributed by atoms with E-state index in [0.29, 0.717) is 0 Å². The molecule has 0 aliphatic carbocycles. The Morgan fingerprint density at radius 2 is 0.845 bits per heavy atom. The van der Waals surface area contributed by atoms with E-state index in [-0.39, 0.29) is 0 Å². The second-order valence-electron chi connectivity index (χ2n) is 15.0. The topological polar surface area (TPSA) is 8.17 Å². The monoisotopic (exact) mass is 738 g/mol. The van der Waals surface area contributed by atoms with E-state index in [1.165, 1.54) is 76.7 Å². The number of nitrogens with zero attached hydrogens (tertiary/aromatic N) is 2. The molecule has 0 bridgehead atoms. The van der Waals surface area contributed by atoms with Crippen molar-refractivity contribution in [2.75, 3.05) is 4.90 Å². The summed E-state index contributed by atoms with van der Waals surface area (Å²) in [4.78, 5) is 2.39. The van der Waals surface area contributed by atoms with Gasteiger partial charge in [-0.05, 0) is 116 Å². The molecule has 2 heteroatoms. The van der Waals surface area contributed by atoms with Crippen molar-refractivity contribution in [1.29, 1.82) is 0 Å². The summed E-state index contributed by atoms with van der Waals surface area (Å²) in [6.07, 6.45) is 0. The lowest BCUT2D eigenvalue weighted by Crippen LogP contribution is -2.10. The first-order valence-electron chi connectivity index (χ1n) is 19.9. The van der Waals surface area contributed by atoms with E-state index in [2.05, 4.69) is 240 Å². The number of hydrogen-bond donors (Lipinski definition) is 0. The van der Waals surface area contributed by atoms with Crippen molar-refractivity contribution in [2.45, 2.75) is 0 Å². The molecule has 0 unspecified atom stereocenters. The third kappa shape index (κ3) is 5.82. The summed E-state index contributed by atoms with van der Waals surface area (Å²) in [6, 6.07) is 83.7. The predicted octanol–water partition coefficient (Wildman–Crippen LogP) is 15.6. The standard InChI is InChI=1S/C56H38N2/c1-2-15-41(16-3-1)50-26-12-18-42-19-13-27-51(56(42)50)45-21-11-22-47(38-45)57(49-35-32-39-14-4-5-17-43(39)37-49)46-33-30-40(31-34-46)44-20-10-23-48(36-44)58-54-28-8-6-24-52(54)53-25-7-9-29-55(53)58/h1-38H. The summed E-state index contributed by atoms with van der Waals surface area (Å²) < 4.78 is 2.38. The Morgan fingerprint density at radius 1 is 0.293 bits per heavy atom. The highest BCUT2D eigenvalue weighted by Crippen LogP contribution is 2.42. The van der Waals surface area contributed by atoms with Crippen LogP contribution in [-0.4, -0.2) is 4.57 Å². The molecule has 0 aliphatic rings. The fourth-order valence-electron chi connectivity index (χ4n) is 8.84. The number of rotatable bonds is 7. The summed E-state index contributed by atoms with van der Waals surface area (Å²) in [7, 11) is 0. The second kappa shape index (κ2) is 14.1. The molecule has 1 heterocycles. The average Bonchev–Trinajstić information content (AvgIpc) is 3.64. The van der Waals surface area contributed by atoms with Gasteiger partial charge in [-0.1, -0.05) is 170 Å². The zero-order valence-corrected chi connectivity index (χ0v) is 31.8. The molecular formula is C56H38N2. The Hall–Kier alpha value is -7.68. The zero-order valence-electron chi connectivity index (χ0n) is 31.8. The zero-order chi connectivity index (χ0) is 38.4. The second-order valence-corrected chi connectivity index (χ2v) is 15.0. The largest absolute Gasteiger partial charge is 0.310 e. The summed E-state index contributed by atoms with van der Waals surface area (Å²) in [5.74, 6) is 0. The van der Waals surface area contributed by atoms with Crippen LogP contribution in [0.1, 0.15) is 0 Å². The van der Waals surface area contributed by atoms with E-state index in [1.807, 2.05) is 0 Å². The van der Waals surface area contributed by atoms with Gasteiger partial charge in [0.25, 0.3) is 0 Å². The smallest absolute Gasteiger partial charge is 0.0541 e. The van der Waals surface area contributed by atoms with Crippen LogP contribution in [-0.2, 0) is 0 Å². The molecule has 11 aromatic rings. The van der Waals surface area contributed by atoms with E-state index in [1.54, 1.807) is 0 Å². The molecule has 0 N–H and O–H groups in total. The summed E-state index contributed by atoms with van der Waals surface area (Å²) in [6.45, 7) is 0. The van der Waals surface area contributed by atoms with Crippen LogP contribution in [0.4, 0.5) is 17.1 Å². The van der Waals surface area contributed by atoms with E-state index in [0.717, 1.165) is 22.7 Å². The Morgan fingerprint density at radius 3 is 1.60 bits per heavy atom. The fourth-order valence-corrected chi connectivity index (χ4v) is 8.84. The molecule has 0 saturated heterocycles. The van der Waals surface area contributed by atoms with E-state index < -0.39 is 0 Å². The summed E-state index contributed by atoms with van der Waals surface area (Å²) >= 11 is 0. The van der Waals surface area contributed by atoms with Crippen molar-refractivity contribution in [3.8, 4) is 39.1 Å². The fraction of sp³-hybridized carbons (Fsp3) is 0. The molecule has 0 saturated carbocycles. The molecule has 2 nitrogen and oxygen atoms in total. The first-order valence-corrected chi connectivity index (χ1v) is 19.9. The van der Waals surface area contributed by atoms with Gasteiger partial charge in [-0.15, -0.1) is 0 Å². The maximum atomic E-state index is 2.39. The highest BCUT2D eigenvalue weighted by Gasteiger charge is 2.17. The van der Waals surface area contributed by atoms with Gasteiger partial charge >= 0.3 is 0 Å². The van der Waals surface area contributed by atoms with Crippen molar-refractivity contribution < 1.29 is 0 Å². The van der Waals surface area contributed by atoms with Crippen molar-refractivity contribution in [2.24, 2.45) is 0 Å². The number of hydrogen-bond acceptors (Lipinski definition) is 1. The molecule has 0 amide bonds. The molecule has 1 aromatic heterocycles. The molecule has 0 atom stereocenters. The molecule has 0 spiro atoms. The Kier molecular flexibility index (Phi) is 8.19. The van der Waals surface area contributed by atoms with Crippen LogP contribution in [0.5, 0.6) is 0 Å². The highest BCUT2D eigenvalue weighted by atomic mass is 15.1. The van der Waals surface area contributed by atoms with Gasteiger partial charge in [-0.25, -0.2) is 0 Å². The summed E-state index contributed by atoms with van der Waals surface area (Å²) in [5, 5.41) is 7.46. The lowest BCUT2D eigenvalue weighted by Gasteiger charge is -2.27. The third-order valence-electron chi connectivity index (χ3n) is 11.5. The molecule has 10 aromatic carbocycles. The molecule has 58 heavy (non-hydrogen) atoms. The van der Waals surface area contributed by atoms with Gasteiger partial charge < -0.3 is 9.47 Å². The number of anilines is 3. The lowest BCUT2D eigenvalue weighted by atomic mass is 9.91. The minimum atomic E-state index is 1.10. The van der Waals surface area contributed by atoms with Gasteiger partial charge in [-0.2, -0.15) is 0 Å². The van der Waals surface area contributed by atoms with Crippen LogP contribution in [0, 0.1) is 0 Å². The third-order valence-corrected chi connectivity index (χ3v) is 11.5. The van der Waals surface area contributed by atoms with Gasteiger partial charge in [0, 0.05) is 33.5 Å². The van der Waals surface area contributed by atoms with Crippen molar-refractivity contribution in [1.82, 2.24) is 4.57 Å². The Labute approximate surface area is 338 Å². The normalized spacial score (nSPS) is 11.4. The summed E-state index contributed by atoms with van der Waals surface area (Å²) in [5.41, 5.74) is 14.1. The molecule has 0 fully saturated rings. The number of para-hydroxylation sites is 2. The first-order chi connectivity index (χ1) is 28.8. The van der Waals surface area contributed by atoms with E-state index in [9.17, 15) is 0 Å². The van der Waals surface area contributed by atoms with E-state index in [4.69, 9.17) is 0 Å². The number of fused-ring (bicyclic) bond motifs is 5. The quantitative estimate of drug-likeness (QED) is 0.158. The first kappa shape index (κ1) is 33.6. The minimum absolute atomic E-state index is 1.10.